The fraction of sp³-hybridized carbons (Fsp3) is 0.158. The third-order valence-corrected chi connectivity index (χ3v) is 4.37. The molecule has 0 saturated heterocycles. The molecule has 1 atom stereocenters. The van der Waals surface area contributed by atoms with Crippen LogP contribution in [0.1, 0.15) is 22.8 Å². The van der Waals surface area contributed by atoms with Crippen LogP contribution in [0, 0.1) is 0 Å². The number of hydrogen-bond acceptors (Lipinski definition) is 5. The van der Waals surface area contributed by atoms with Crippen LogP contribution in [0.3, 0.4) is 0 Å². The van der Waals surface area contributed by atoms with Gasteiger partial charge >= 0.3 is 5.97 Å². The zero-order valence-electron chi connectivity index (χ0n) is 14.0. The molecule has 7 nitrogen and oxygen atoms in total. The van der Waals surface area contributed by atoms with Crippen LogP contribution in [0.2, 0.25) is 0 Å². The molecule has 0 aliphatic carbocycles. The van der Waals surface area contributed by atoms with Gasteiger partial charge < -0.3 is 10.1 Å². The number of amides is 1. The summed E-state index contributed by atoms with van der Waals surface area (Å²) in [6.45, 7) is 1.62. The molecule has 4 rings (SSSR count). The van der Waals surface area contributed by atoms with E-state index in [9.17, 15) is 9.59 Å². The lowest BCUT2D eigenvalue weighted by atomic mass is 9.89. The number of esters is 1. The number of hydrogen-bond donors (Lipinski definition) is 1. The molecule has 1 aliphatic heterocycles. The first-order chi connectivity index (χ1) is 12.5. The Morgan fingerprint density at radius 3 is 2.69 bits per heavy atom. The molecule has 0 spiro atoms. The van der Waals surface area contributed by atoms with Crippen LogP contribution in [0.4, 0.5) is 5.69 Å². The van der Waals surface area contributed by atoms with Gasteiger partial charge in [0.2, 0.25) is 0 Å². The van der Waals surface area contributed by atoms with Gasteiger partial charge in [-0.1, -0.05) is 18.2 Å². The van der Waals surface area contributed by atoms with Gasteiger partial charge in [0, 0.05) is 12.1 Å². The molecule has 0 bridgehead atoms. The van der Waals surface area contributed by atoms with Gasteiger partial charge in [-0.25, -0.2) is 14.5 Å². The summed E-state index contributed by atoms with van der Waals surface area (Å²) in [4.78, 5) is 28.9. The predicted octanol–water partition coefficient (Wildman–Crippen LogP) is 2.38. The number of rotatable bonds is 3. The van der Waals surface area contributed by atoms with E-state index in [0.29, 0.717) is 17.7 Å². The van der Waals surface area contributed by atoms with E-state index < -0.39 is 11.6 Å². The van der Waals surface area contributed by atoms with E-state index in [-0.39, 0.29) is 5.91 Å². The van der Waals surface area contributed by atoms with Crippen LogP contribution in [-0.2, 0) is 16.0 Å². The summed E-state index contributed by atoms with van der Waals surface area (Å²) >= 11 is 0. The number of aromatic nitrogens is 3. The number of benzene rings is 2. The molecular weight excluding hydrogens is 332 g/mol. The lowest BCUT2D eigenvalue weighted by Gasteiger charge is -2.33. The molecule has 1 aliphatic rings. The summed E-state index contributed by atoms with van der Waals surface area (Å²) in [5, 5.41) is 6.87. The highest BCUT2D eigenvalue weighted by molar-refractivity contribution is 6.02. The minimum atomic E-state index is -1.25. The Morgan fingerprint density at radius 1 is 1.19 bits per heavy atom. The Bertz CT molecular complexity index is 967. The molecule has 2 heterocycles. The second kappa shape index (κ2) is 6.11. The van der Waals surface area contributed by atoms with Crippen LogP contribution in [0.25, 0.3) is 5.69 Å². The minimum absolute atomic E-state index is 0.331. The van der Waals surface area contributed by atoms with Gasteiger partial charge in [-0.2, -0.15) is 5.10 Å². The zero-order chi connectivity index (χ0) is 18.1. The molecular formula is C19H16N4O3. The van der Waals surface area contributed by atoms with Gasteiger partial charge in [0.25, 0.3) is 5.91 Å². The number of carbonyl (C=O) groups excluding carboxylic acids is 2. The Labute approximate surface area is 149 Å². The molecule has 3 aromatic rings. The first-order valence-corrected chi connectivity index (χ1v) is 8.13. The number of carbonyl (C=O) groups is 2. The molecule has 0 fully saturated rings. The maximum atomic E-state index is 12.7. The monoisotopic (exact) mass is 348 g/mol. The van der Waals surface area contributed by atoms with E-state index in [0.717, 1.165) is 11.3 Å². The Kier molecular flexibility index (Phi) is 3.76. The fourth-order valence-corrected chi connectivity index (χ4v) is 2.96. The number of ether oxygens (including phenoxy) is 1. The number of nitrogens with one attached hydrogen (secondary N) is 1. The summed E-state index contributed by atoms with van der Waals surface area (Å²) in [5.41, 5.74) is 1.49. The van der Waals surface area contributed by atoms with Crippen molar-refractivity contribution in [1.29, 1.82) is 0 Å². The van der Waals surface area contributed by atoms with Gasteiger partial charge in [0.05, 0.1) is 11.3 Å². The fourth-order valence-electron chi connectivity index (χ4n) is 2.96. The van der Waals surface area contributed by atoms with Crippen molar-refractivity contribution in [3.05, 3.63) is 72.3 Å². The van der Waals surface area contributed by atoms with Crippen molar-refractivity contribution in [2.45, 2.75) is 18.9 Å². The highest BCUT2D eigenvalue weighted by Gasteiger charge is 2.42. The van der Waals surface area contributed by atoms with E-state index in [4.69, 9.17) is 4.74 Å². The molecule has 1 N–H and O–H groups in total. The highest BCUT2D eigenvalue weighted by Crippen LogP contribution is 2.29. The van der Waals surface area contributed by atoms with Crippen LogP contribution < -0.4 is 5.32 Å². The molecule has 2 aromatic carbocycles. The normalized spacial score (nSPS) is 18.7. The standard InChI is InChI=1S/C19H16N4O3/c1-19(10-13-4-2-3-5-16(13)17(24)26-19)18(25)22-14-6-8-15(9-7-14)23-12-20-11-21-23/h2-9,11-12H,10H2,1H3,(H,22,25). The summed E-state index contributed by atoms with van der Waals surface area (Å²) in [6, 6.07) is 14.3. The Hall–Kier alpha value is -3.48. The number of fused-ring (bicyclic) bond motifs is 1. The summed E-state index contributed by atoms with van der Waals surface area (Å²) < 4.78 is 7.06. The number of nitrogens with zero attached hydrogens (tertiary/aromatic N) is 3. The Morgan fingerprint density at radius 2 is 1.96 bits per heavy atom. The summed E-state index contributed by atoms with van der Waals surface area (Å²) in [6.07, 6.45) is 3.37. The van der Waals surface area contributed by atoms with Crippen molar-refractivity contribution in [2.24, 2.45) is 0 Å². The zero-order valence-corrected chi connectivity index (χ0v) is 14.0. The maximum Gasteiger partial charge on any atom is 0.339 e. The average molecular weight is 348 g/mol. The van der Waals surface area contributed by atoms with Crippen molar-refractivity contribution in [3.63, 3.8) is 0 Å². The minimum Gasteiger partial charge on any atom is -0.445 e. The average Bonchev–Trinajstić information content (AvgIpc) is 3.17. The number of cyclic esters (lactones) is 1. The summed E-state index contributed by atoms with van der Waals surface area (Å²) in [7, 11) is 0. The third kappa shape index (κ3) is 2.83. The van der Waals surface area contributed by atoms with Crippen molar-refractivity contribution < 1.29 is 14.3 Å². The summed E-state index contributed by atoms with van der Waals surface area (Å²) in [5.74, 6) is -0.847. The quantitative estimate of drug-likeness (QED) is 0.735. The van der Waals surface area contributed by atoms with E-state index in [1.807, 2.05) is 24.3 Å². The molecule has 1 amide bonds. The Balaban J connectivity index is 1.52. The predicted molar refractivity (Wildman–Crippen MR) is 94.0 cm³/mol. The lowest BCUT2D eigenvalue weighted by Crippen LogP contribution is -2.48. The maximum absolute atomic E-state index is 12.7. The van der Waals surface area contributed by atoms with Crippen LogP contribution in [0.5, 0.6) is 0 Å². The van der Waals surface area contributed by atoms with E-state index in [1.165, 1.54) is 6.33 Å². The lowest BCUT2D eigenvalue weighted by molar-refractivity contribution is -0.134. The second-order valence-corrected chi connectivity index (χ2v) is 6.30. The number of anilines is 1. The smallest absolute Gasteiger partial charge is 0.339 e. The second-order valence-electron chi connectivity index (χ2n) is 6.30. The largest absolute Gasteiger partial charge is 0.445 e. The van der Waals surface area contributed by atoms with Crippen molar-refractivity contribution in [2.75, 3.05) is 5.32 Å². The van der Waals surface area contributed by atoms with Crippen LogP contribution >= 0.6 is 0 Å². The van der Waals surface area contributed by atoms with Gasteiger partial charge in [-0.05, 0) is 42.8 Å². The van der Waals surface area contributed by atoms with Crippen LogP contribution in [0.15, 0.2) is 61.2 Å². The van der Waals surface area contributed by atoms with Gasteiger partial charge in [0.15, 0.2) is 5.60 Å². The van der Waals surface area contributed by atoms with Gasteiger partial charge in [0.1, 0.15) is 12.7 Å². The molecule has 7 heteroatoms. The SMILES string of the molecule is CC1(C(=O)Nc2ccc(-n3cncn3)cc2)Cc2ccccc2C(=O)O1. The van der Waals surface area contributed by atoms with E-state index in [2.05, 4.69) is 15.4 Å². The van der Waals surface area contributed by atoms with E-state index in [1.54, 1.807) is 42.2 Å². The topological polar surface area (TPSA) is 86.1 Å². The van der Waals surface area contributed by atoms with Crippen molar-refractivity contribution in [1.82, 2.24) is 14.8 Å². The molecule has 130 valence electrons. The molecule has 26 heavy (non-hydrogen) atoms. The van der Waals surface area contributed by atoms with Gasteiger partial charge in [-0.15, -0.1) is 0 Å². The highest BCUT2D eigenvalue weighted by atomic mass is 16.6. The van der Waals surface area contributed by atoms with Crippen LogP contribution in [-0.4, -0.2) is 32.2 Å². The molecule has 1 unspecified atom stereocenters. The molecule has 0 radical (unpaired) electrons. The van der Waals surface area contributed by atoms with Crippen molar-refractivity contribution >= 4 is 17.6 Å². The molecule has 0 saturated carbocycles. The third-order valence-electron chi connectivity index (χ3n) is 4.37. The van der Waals surface area contributed by atoms with Gasteiger partial charge in [-0.3, -0.25) is 4.79 Å². The first kappa shape index (κ1) is 16.0. The van der Waals surface area contributed by atoms with Crippen molar-refractivity contribution in [3.8, 4) is 5.69 Å². The molecule has 1 aromatic heterocycles. The first-order valence-electron chi connectivity index (χ1n) is 8.13. The van der Waals surface area contributed by atoms with E-state index >= 15 is 0 Å².